The highest BCUT2D eigenvalue weighted by Crippen LogP contribution is 2.11. The molecule has 3 N–H and O–H groups in total. The van der Waals surface area contributed by atoms with Crippen molar-refractivity contribution in [1.82, 2.24) is 26.1 Å². The smallest absolute Gasteiger partial charge is 0.429 e. The van der Waals surface area contributed by atoms with Crippen LogP contribution in [0.5, 0.6) is 0 Å². The van der Waals surface area contributed by atoms with Crippen molar-refractivity contribution in [3.63, 3.8) is 0 Å². The van der Waals surface area contributed by atoms with Crippen molar-refractivity contribution in [3.05, 3.63) is 71.6 Å². The van der Waals surface area contributed by atoms with Gasteiger partial charge in [-0.1, -0.05) is 44.4 Å². The Hall–Kier alpha value is -4.21. The topological polar surface area (TPSA) is 130 Å². The zero-order chi connectivity index (χ0) is 30.8. The molecule has 1 aromatic heterocycles. The van der Waals surface area contributed by atoms with Crippen molar-refractivity contribution in [2.24, 2.45) is 0 Å². The summed E-state index contributed by atoms with van der Waals surface area (Å²) in [7, 11) is 0. The monoisotopic (exact) mass is 579 g/mol. The zero-order valence-corrected chi connectivity index (χ0v) is 25.3. The number of nitrogens with one attached hydrogen (secondary N) is 3. The van der Waals surface area contributed by atoms with Crippen LogP contribution in [0.4, 0.5) is 4.79 Å². The van der Waals surface area contributed by atoms with Gasteiger partial charge in [0, 0.05) is 50.1 Å². The molecule has 0 unspecified atom stereocenters. The van der Waals surface area contributed by atoms with Crippen LogP contribution in [0.2, 0.25) is 0 Å². The Kier molecular flexibility index (Phi) is 14.8. The third kappa shape index (κ3) is 14.4. The summed E-state index contributed by atoms with van der Waals surface area (Å²) in [4.78, 5) is 53.1. The molecule has 10 heteroatoms. The van der Waals surface area contributed by atoms with Gasteiger partial charge >= 0.3 is 6.09 Å². The lowest BCUT2D eigenvalue weighted by Crippen LogP contribution is -2.48. The highest BCUT2D eigenvalue weighted by atomic mass is 16.6. The van der Waals surface area contributed by atoms with Gasteiger partial charge in [-0.15, -0.1) is 0 Å². The average Bonchev–Trinajstić information content (AvgIpc) is 2.96. The number of aromatic nitrogens is 1. The number of pyridine rings is 1. The van der Waals surface area contributed by atoms with Crippen LogP contribution < -0.4 is 16.1 Å². The predicted molar refractivity (Wildman–Crippen MR) is 163 cm³/mol. The van der Waals surface area contributed by atoms with E-state index in [1.807, 2.05) is 19.1 Å². The summed E-state index contributed by atoms with van der Waals surface area (Å²) in [5.41, 5.74) is 4.10. The van der Waals surface area contributed by atoms with Crippen molar-refractivity contribution >= 4 is 29.9 Å². The fraction of sp³-hybridized carbons (Fsp3) is 0.469. The second-order valence-electron chi connectivity index (χ2n) is 11.0. The van der Waals surface area contributed by atoms with Gasteiger partial charge in [0.25, 0.3) is 5.91 Å². The number of nitrogens with zero attached hydrogens (tertiary/aromatic N) is 2. The lowest BCUT2D eigenvalue weighted by Gasteiger charge is -2.27. The van der Waals surface area contributed by atoms with E-state index < -0.39 is 17.6 Å². The highest BCUT2D eigenvalue weighted by Gasteiger charge is 2.23. The maximum atomic E-state index is 12.7. The molecule has 0 atom stereocenters. The first kappa shape index (κ1) is 34.0. The van der Waals surface area contributed by atoms with Crippen molar-refractivity contribution in [1.29, 1.82) is 0 Å². The largest absolute Gasteiger partial charge is 0.442 e. The molecule has 2 aromatic rings. The fourth-order valence-electron chi connectivity index (χ4n) is 3.84. The summed E-state index contributed by atoms with van der Waals surface area (Å²) in [6, 6.07) is 10.6. The molecule has 228 valence electrons. The van der Waals surface area contributed by atoms with Crippen LogP contribution in [0, 0.1) is 0 Å². The van der Waals surface area contributed by atoms with Crippen LogP contribution >= 0.6 is 0 Å². The van der Waals surface area contributed by atoms with Gasteiger partial charge in [0.15, 0.2) is 0 Å². The number of rotatable bonds is 15. The van der Waals surface area contributed by atoms with Crippen molar-refractivity contribution in [3.8, 4) is 0 Å². The first-order valence-corrected chi connectivity index (χ1v) is 14.6. The lowest BCUT2D eigenvalue weighted by atomic mass is 10.1. The molecule has 0 saturated carbocycles. The Labute approximate surface area is 249 Å². The molecular weight excluding hydrogens is 534 g/mol. The molecule has 0 bridgehead atoms. The van der Waals surface area contributed by atoms with E-state index in [1.54, 1.807) is 63.5 Å². The van der Waals surface area contributed by atoms with E-state index >= 15 is 0 Å². The van der Waals surface area contributed by atoms with E-state index in [4.69, 9.17) is 4.74 Å². The van der Waals surface area contributed by atoms with Gasteiger partial charge in [-0.05, 0) is 75.4 Å². The Morgan fingerprint density at radius 1 is 0.952 bits per heavy atom. The normalized spacial score (nSPS) is 11.1. The van der Waals surface area contributed by atoms with Gasteiger partial charge in [-0.3, -0.25) is 24.8 Å². The van der Waals surface area contributed by atoms with Crippen LogP contribution in [0.25, 0.3) is 6.08 Å². The Balaban J connectivity index is 1.59. The van der Waals surface area contributed by atoms with E-state index in [0.29, 0.717) is 38.0 Å². The quantitative estimate of drug-likeness (QED) is 0.152. The van der Waals surface area contributed by atoms with Gasteiger partial charge in [-0.25, -0.2) is 9.80 Å². The van der Waals surface area contributed by atoms with Crippen LogP contribution in [-0.2, 0) is 20.9 Å². The number of carbonyl (C=O) groups is 4. The fourth-order valence-corrected chi connectivity index (χ4v) is 3.84. The second kappa shape index (κ2) is 18.3. The predicted octanol–water partition coefficient (Wildman–Crippen LogP) is 5.16. The summed E-state index contributed by atoms with van der Waals surface area (Å²) in [6.07, 6.45) is 11.8. The Bertz CT molecular complexity index is 1160. The number of carbonyl (C=O) groups excluding carboxylic acids is 4. The average molecular weight is 580 g/mol. The van der Waals surface area contributed by atoms with E-state index in [2.05, 4.69) is 21.0 Å². The Morgan fingerprint density at radius 3 is 2.33 bits per heavy atom. The molecule has 0 aliphatic rings. The van der Waals surface area contributed by atoms with Gasteiger partial charge in [0.2, 0.25) is 11.8 Å². The molecule has 0 aliphatic heterocycles. The molecular formula is C32H45N5O5. The van der Waals surface area contributed by atoms with Crippen molar-refractivity contribution in [2.45, 2.75) is 84.8 Å². The summed E-state index contributed by atoms with van der Waals surface area (Å²) in [6.45, 7) is 8.54. The molecule has 1 heterocycles. The number of hydrazine groups is 1. The summed E-state index contributed by atoms with van der Waals surface area (Å²) >= 11 is 0. The number of amides is 4. The molecule has 42 heavy (non-hydrogen) atoms. The molecule has 0 saturated heterocycles. The van der Waals surface area contributed by atoms with Crippen molar-refractivity contribution < 1.29 is 23.9 Å². The minimum Gasteiger partial charge on any atom is -0.442 e. The first-order valence-electron chi connectivity index (χ1n) is 14.6. The van der Waals surface area contributed by atoms with Crippen LogP contribution in [0.3, 0.4) is 0 Å². The maximum absolute atomic E-state index is 12.7. The molecule has 0 radical (unpaired) electrons. The van der Waals surface area contributed by atoms with Gasteiger partial charge in [0.1, 0.15) is 5.60 Å². The minimum absolute atomic E-state index is 0.0166. The van der Waals surface area contributed by atoms with E-state index in [9.17, 15) is 19.2 Å². The van der Waals surface area contributed by atoms with E-state index in [0.717, 1.165) is 43.2 Å². The third-order valence-corrected chi connectivity index (χ3v) is 5.99. The molecule has 0 fully saturated rings. The standard InChI is InChI=1S/C32H45N5O5/c1-5-22-37(31(41)42-32(2,3)4)36-30(40)27-17-14-26(15-18-27)24-35-28(38)13-9-7-6-8-10-21-34-29(39)19-16-25-12-11-20-33-23-25/h11-12,14-20,23H,5-10,13,21-22,24H2,1-4H3,(H,34,39)(H,35,38)(H,36,40)/b19-16+. The summed E-state index contributed by atoms with van der Waals surface area (Å²) in [5, 5.41) is 6.97. The SMILES string of the molecule is CCCN(NC(=O)c1ccc(CNC(=O)CCCCCCCNC(=O)/C=C/c2cccnc2)cc1)C(=O)OC(C)(C)C. The zero-order valence-electron chi connectivity index (χ0n) is 25.3. The molecule has 4 amide bonds. The molecule has 0 aliphatic carbocycles. The number of hydrogen-bond acceptors (Lipinski definition) is 6. The van der Waals surface area contributed by atoms with Crippen LogP contribution in [-0.4, -0.2) is 52.5 Å². The summed E-state index contributed by atoms with van der Waals surface area (Å²) in [5.74, 6) is -0.549. The number of benzene rings is 1. The van der Waals surface area contributed by atoms with Crippen LogP contribution in [0.15, 0.2) is 54.9 Å². The maximum Gasteiger partial charge on any atom is 0.429 e. The second-order valence-corrected chi connectivity index (χ2v) is 11.0. The van der Waals surface area contributed by atoms with Gasteiger partial charge < -0.3 is 15.4 Å². The third-order valence-electron chi connectivity index (χ3n) is 5.99. The first-order chi connectivity index (χ1) is 20.1. The summed E-state index contributed by atoms with van der Waals surface area (Å²) < 4.78 is 5.36. The van der Waals surface area contributed by atoms with Crippen molar-refractivity contribution in [2.75, 3.05) is 13.1 Å². The van der Waals surface area contributed by atoms with Crippen LogP contribution in [0.1, 0.15) is 94.1 Å². The lowest BCUT2D eigenvalue weighted by molar-refractivity contribution is -0.121. The number of ether oxygens (including phenoxy) is 1. The number of hydrogen-bond donors (Lipinski definition) is 3. The highest BCUT2D eigenvalue weighted by molar-refractivity contribution is 5.95. The molecule has 2 rings (SSSR count). The molecule has 10 nitrogen and oxygen atoms in total. The molecule has 0 spiro atoms. The van der Waals surface area contributed by atoms with E-state index in [1.165, 1.54) is 11.1 Å². The minimum atomic E-state index is -0.667. The molecule has 1 aromatic carbocycles. The Morgan fingerprint density at radius 2 is 1.67 bits per heavy atom. The van der Waals surface area contributed by atoms with Gasteiger partial charge in [-0.2, -0.15) is 0 Å². The van der Waals surface area contributed by atoms with Gasteiger partial charge in [0.05, 0.1) is 0 Å². The van der Waals surface area contributed by atoms with E-state index in [-0.39, 0.29) is 11.8 Å². The number of unbranched alkanes of at least 4 members (excludes halogenated alkanes) is 4.